The molecule has 2 aromatic carbocycles. The van der Waals surface area contributed by atoms with E-state index in [1.165, 1.54) is 23.9 Å². The van der Waals surface area contributed by atoms with Gasteiger partial charge in [-0.15, -0.1) is 11.8 Å². The lowest BCUT2D eigenvalue weighted by molar-refractivity contribution is -0.126. The Bertz CT molecular complexity index is 1110. The van der Waals surface area contributed by atoms with Crippen LogP contribution in [0.3, 0.4) is 0 Å². The van der Waals surface area contributed by atoms with Gasteiger partial charge in [-0.2, -0.15) is 0 Å². The second-order valence-electron chi connectivity index (χ2n) is 6.58. The molecular weight excluding hydrogens is 451 g/mol. The molecule has 3 amide bonds. The van der Waals surface area contributed by atoms with E-state index in [0.717, 1.165) is 11.0 Å². The first-order valence-corrected chi connectivity index (χ1v) is 10.0. The Kier molecular flexibility index (Phi) is 7.03. The summed E-state index contributed by atoms with van der Waals surface area (Å²) in [4.78, 5) is 48.2. The Morgan fingerprint density at radius 3 is 2.59 bits per heavy atom. The molecule has 3 N–H and O–H groups in total. The number of thioether (sulfide) groups is 1. The Labute approximate surface area is 183 Å². The lowest BCUT2D eigenvalue weighted by Gasteiger charge is -2.21. The smallest absolute Gasteiger partial charge is 0.338 e. The van der Waals surface area contributed by atoms with Gasteiger partial charge in [0.15, 0.2) is 24.1 Å². The van der Waals surface area contributed by atoms with E-state index in [9.17, 15) is 32.3 Å². The largest absolute Gasteiger partial charge is 0.452 e. The normalized spacial score (nSPS) is 14.8. The van der Waals surface area contributed by atoms with Gasteiger partial charge in [-0.05, 0) is 37.3 Å². The SMILES string of the molecule is C[C@H]1Sc2ccc(C(=O)OCC(=O)NCC(=O)Nc3ccc(F)c(F)c3F)cc2NC1=O. The zero-order valence-corrected chi connectivity index (χ0v) is 17.3. The van der Waals surface area contributed by atoms with Crippen LogP contribution in [0.25, 0.3) is 0 Å². The lowest BCUT2D eigenvalue weighted by Crippen LogP contribution is -2.35. The summed E-state index contributed by atoms with van der Waals surface area (Å²) in [6, 6.07) is 6.03. The average molecular weight is 467 g/mol. The first-order valence-electron chi connectivity index (χ1n) is 9.14. The van der Waals surface area contributed by atoms with Gasteiger partial charge in [0.2, 0.25) is 11.8 Å². The van der Waals surface area contributed by atoms with Gasteiger partial charge in [0.05, 0.1) is 28.7 Å². The van der Waals surface area contributed by atoms with Gasteiger partial charge in [-0.25, -0.2) is 18.0 Å². The minimum Gasteiger partial charge on any atom is -0.452 e. The van der Waals surface area contributed by atoms with E-state index in [2.05, 4.69) is 10.6 Å². The van der Waals surface area contributed by atoms with Crippen molar-refractivity contribution in [3.05, 3.63) is 53.3 Å². The quantitative estimate of drug-likeness (QED) is 0.444. The van der Waals surface area contributed by atoms with Gasteiger partial charge in [-0.1, -0.05) is 0 Å². The van der Waals surface area contributed by atoms with Crippen LogP contribution in [0.15, 0.2) is 35.2 Å². The number of fused-ring (bicyclic) bond motifs is 1. The second-order valence-corrected chi connectivity index (χ2v) is 7.97. The molecule has 1 heterocycles. The highest BCUT2D eigenvalue weighted by atomic mass is 32.2. The predicted molar refractivity (Wildman–Crippen MR) is 109 cm³/mol. The van der Waals surface area contributed by atoms with Crippen molar-refractivity contribution in [2.24, 2.45) is 0 Å². The summed E-state index contributed by atoms with van der Waals surface area (Å²) in [5.74, 6) is -7.49. The van der Waals surface area contributed by atoms with Gasteiger partial charge in [0.1, 0.15) is 0 Å². The van der Waals surface area contributed by atoms with E-state index in [1.54, 1.807) is 13.0 Å². The fourth-order valence-corrected chi connectivity index (χ4v) is 3.53. The van der Waals surface area contributed by atoms with Crippen LogP contribution in [0.5, 0.6) is 0 Å². The topological polar surface area (TPSA) is 114 Å². The van der Waals surface area contributed by atoms with Gasteiger partial charge in [0.25, 0.3) is 5.91 Å². The molecular formula is C20H16F3N3O5S. The van der Waals surface area contributed by atoms with Crippen LogP contribution < -0.4 is 16.0 Å². The maximum absolute atomic E-state index is 13.5. The van der Waals surface area contributed by atoms with E-state index >= 15 is 0 Å². The minimum absolute atomic E-state index is 0.110. The molecule has 0 bridgehead atoms. The van der Waals surface area contributed by atoms with Crippen molar-refractivity contribution < 1.29 is 37.1 Å². The number of rotatable bonds is 6. The number of nitrogens with one attached hydrogen (secondary N) is 3. The molecule has 0 spiro atoms. The summed E-state index contributed by atoms with van der Waals surface area (Å²) >= 11 is 1.34. The lowest BCUT2D eigenvalue weighted by atomic mass is 10.2. The number of halogens is 3. The van der Waals surface area contributed by atoms with Crippen molar-refractivity contribution in [1.29, 1.82) is 0 Å². The van der Waals surface area contributed by atoms with Crippen LogP contribution in [-0.2, 0) is 19.1 Å². The average Bonchev–Trinajstić information content (AvgIpc) is 2.77. The summed E-state index contributed by atoms with van der Waals surface area (Å²) in [7, 11) is 0. The summed E-state index contributed by atoms with van der Waals surface area (Å²) < 4.78 is 44.5. The zero-order chi connectivity index (χ0) is 23.4. The standard InChI is InChI=1S/C20H16F3N3O5S/c1-9-19(29)26-13-6-10(2-5-14(13)32-9)20(30)31-8-16(28)24-7-15(27)25-12-4-3-11(21)17(22)18(12)23/h2-6,9H,7-8H2,1H3,(H,24,28)(H,25,27)(H,26,29)/t9-/m1/s1. The monoisotopic (exact) mass is 467 g/mol. The van der Waals surface area contributed by atoms with Crippen LogP contribution >= 0.6 is 11.8 Å². The molecule has 32 heavy (non-hydrogen) atoms. The van der Waals surface area contributed by atoms with Crippen LogP contribution in [0.4, 0.5) is 24.5 Å². The van der Waals surface area contributed by atoms with Crippen molar-refractivity contribution in [1.82, 2.24) is 5.32 Å². The molecule has 2 aromatic rings. The number of ether oxygens (including phenoxy) is 1. The number of esters is 1. The molecule has 168 valence electrons. The number of carbonyl (C=O) groups is 4. The van der Waals surface area contributed by atoms with E-state index in [4.69, 9.17) is 4.74 Å². The van der Waals surface area contributed by atoms with Gasteiger partial charge < -0.3 is 20.7 Å². The van der Waals surface area contributed by atoms with E-state index in [-0.39, 0.29) is 16.7 Å². The van der Waals surface area contributed by atoms with Gasteiger partial charge in [-0.3, -0.25) is 14.4 Å². The molecule has 8 nitrogen and oxygen atoms in total. The van der Waals surface area contributed by atoms with Crippen molar-refractivity contribution in [2.45, 2.75) is 17.1 Å². The molecule has 0 aromatic heterocycles. The molecule has 0 saturated heterocycles. The maximum atomic E-state index is 13.5. The maximum Gasteiger partial charge on any atom is 0.338 e. The van der Waals surface area contributed by atoms with Crippen molar-refractivity contribution in [3.8, 4) is 0 Å². The Balaban J connectivity index is 1.47. The van der Waals surface area contributed by atoms with E-state index in [0.29, 0.717) is 11.8 Å². The first-order chi connectivity index (χ1) is 15.2. The summed E-state index contributed by atoms with van der Waals surface area (Å²) in [5, 5.41) is 6.52. The number of anilines is 2. The summed E-state index contributed by atoms with van der Waals surface area (Å²) in [6.07, 6.45) is 0. The third-order valence-electron chi connectivity index (χ3n) is 4.24. The van der Waals surface area contributed by atoms with Crippen LogP contribution in [0, 0.1) is 17.5 Å². The Morgan fingerprint density at radius 1 is 1.09 bits per heavy atom. The fourth-order valence-electron chi connectivity index (χ4n) is 2.60. The summed E-state index contributed by atoms with van der Waals surface area (Å²) in [6.45, 7) is 0.411. The number of carbonyl (C=O) groups excluding carboxylic acids is 4. The molecule has 1 aliphatic heterocycles. The fraction of sp³-hybridized carbons (Fsp3) is 0.200. The van der Waals surface area contributed by atoms with Crippen molar-refractivity contribution in [3.63, 3.8) is 0 Å². The third kappa shape index (κ3) is 5.38. The highest BCUT2D eigenvalue weighted by Gasteiger charge is 2.24. The molecule has 0 unspecified atom stereocenters. The Morgan fingerprint density at radius 2 is 1.84 bits per heavy atom. The van der Waals surface area contributed by atoms with Gasteiger partial charge in [0, 0.05) is 4.90 Å². The molecule has 12 heteroatoms. The molecule has 0 radical (unpaired) electrons. The van der Waals surface area contributed by atoms with E-state index < -0.39 is 54.1 Å². The molecule has 0 saturated carbocycles. The van der Waals surface area contributed by atoms with Crippen LogP contribution in [0.1, 0.15) is 17.3 Å². The number of benzene rings is 2. The highest BCUT2D eigenvalue weighted by molar-refractivity contribution is 8.00. The highest BCUT2D eigenvalue weighted by Crippen LogP contribution is 2.36. The molecule has 1 aliphatic rings. The number of hydrogen-bond donors (Lipinski definition) is 3. The van der Waals surface area contributed by atoms with Gasteiger partial charge >= 0.3 is 5.97 Å². The Hall–Kier alpha value is -3.54. The molecule has 1 atom stereocenters. The van der Waals surface area contributed by atoms with Crippen molar-refractivity contribution >= 4 is 46.8 Å². The zero-order valence-electron chi connectivity index (χ0n) is 16.5. The third-order valence-corrected chi connectivity index (χ3v) is 5.41. The predicted octanol–water partition coefficient (Wildman–Crippen LogP) is 2.45. The van der Waals surface area contributed by atoms with E-state index in [1.807, 2.05) is 5.32 Å². The second kappa shape index (κ2) is 9.73. The number of amides is 3. The first kappa shape index (κ1) is 23.1. The van der Waals surface area contributed by atoms with Crippen molar-refractivity contribution in [2.75, 3.05) is 23.8 Å². The molecule has 0 aliphatic carbocycles. The van der Waals surface area contributed by atoms with Crippen LogP contribution in [0.2, 0.25) is 0 Å². The molecule has 3 rings (SSSR count). The summed E-state index contributed by atoms with van der Waals surface area (Å²) in [5.41, 5.74) is -0.0293. The molecule has 0 fully saturated rings. The number of hydrogen-bond acceptors (Lipinski definition) is 6. The van der Waals surface area contributed by atoms with Crippen LogP contribution in [-0.4, -0.2) is 42.1 Å². The minimum atomic E-state index is -1.74.